The van der Waals surface area contributed by atoms with E-state index < -0.39 is 6.04 Å². The van der Waals surface area contributed by atoms with Gasteiger partial charge < -0.3 is 15.0 Å². The van der Waals surface area contributed by atoms with Gasteiger partial charge in [-0.15, -0.1) is 0 Å². The number of ether oxygens (including phenoxy) is 1. The van der Waals surface area contributed by atoms with Crippen LogP contribution in [-0.2, 0) is 11.3 Å². The summed E-state index contributed by atoms with van der Waals surface area (Å²) in [6.07, 6.45) is 5.39. The largest absolute Gasteiger partial charge is 0.497 e. The summed E-state index contributed by atoms with van der Waals surface area (Å²) < 4.78 is 5.44. The minimum Gasteiger partial charge on any atom is -0.497 e. The van der Waals surface area contributed by atoms with Crippen LogP contribution in [0, 0.1) is 0 Å². The predicted octanol–water partition coefficient (Wildman–Crippen LogP) is 5.53. The van der Waals surface area contributed by atoms with Gasteiger partial charge in [-0.3, -0.25) is 9.59 Å². The van der Waals surface area contributed by atoms with Gasteiger partial charge in [0.2, 0.25) is 5.91 Å². The first kappa shape index (κ1) is 23.6. The Bertz CT molecular complexity index is 1080. The normalized spacial score (nSPS) is 14.7. The van der Waals surface area contributed by atoms with E-state index in [1.54, 1.807) is 24.1 Å². The van der Waals surface area contributed by atoms with Crippen LogP contribution in [0.4, 0.5) is 0 Å². The van der Waals surface area contributed by atoms with Crippen LogP contribution in [0.3, 0.4) is 0 Å². The lowest BCUT2D eigenvalue weighted by Crippen LogP contribution is -2.46. The van der Waals surface area contributed by atoms with Gasteiger partial charge in [0.25, 0.3) is 5.91 Å². The fourth-order valence-electron chi connectivity index (χ4n) is 4.62. The summed E-state index contributed by atoms with van der Waals surface area (Å²) in [5.74, 6) is 0.316. The number of rotatable bonds is 8. The molecule has 3 aromatic carbocycles. The molecular formula is C29H32N2O3. The molecule has 2 amide bonds. The zero-order chi connectivity index (χ0) is 23.8. The summed E-state index contributed by atoms with van der Waals surface area (Å²) >= 11 is 0. The molecule has 176 valence electrons. The second kappa shape index (κ2) is 11.5. The van der Waals surface area contributed by atoms with Gasteiger partial charge in [0, 0.05) is 18.2 Å². The van der Waals surface area contributed by atoms with E-state index in [0.717, 1.165) is 36.8 Å². The molecule has 0 radical (unpaired) electrons. The molecule has 1 aliphatic rings. The average Bonchev–Trinajstić information content (AvgIpc) is 2.89. The van der Waals surface area contributed by atoms with Crippen LogP contribution in [0.15, 0.2) is 84.9 Å². The maximum absolute atomic E-state index is 13.8. The molecule has 5 heteroatoms. The first-order valence-corrected chi connectivity index (χ1v) is 12.0. The van der Waals surface area contributed by atoms with Crippen molar-refractivity contribution in [2.24, 2.45) is 0 Å². The highest BCUT2D eigenvalue weighted by Crippen LogP contribution is 2.29. The smallest absolute Gasteiger partial charge is 0.255 e. The summed E-state index contributed by atoms with van der Waals surface area (Å²) in [7, 11) is 1.60. The summed E-state index contributed by atoms with van der Waals surface area (Å²) in [6, 6.07) is 25.8. The van der Waals surface area contributed by atoms with E-state index in [2.05, 4.69) is 5.32 Å². The molecule has 0 aliphatic heterocycles. The van der Waals surface area contributed by atoms with E-state index in [1.165, 1.54) is 6.42 Å². The van der Waals surface area contributed by atoms with Crippen molar-refractivity contribution < 1.29 is 14.3 Å². The van der Waals surface area contributed by atoms with E-state index >= 15 is 0 Å². The van der Waals surface area contributed by atoms with Gasteiger partial charge in [0.1, 0.15) is 11.8 Å². The van der Waals surface area contributed by atoms with Crippen LogP contribution in [0.25, 0.3) is 0 Å². The van der Waals surface area contributed by atoms with Crippen LogP contribution in [0.5, 0.6) is 5.75 Å². The Hall–Kier alpha value is -3.60. The lowest BCUT2D eigenvalue weighted by atomic mass is 9.94. The van der Waals surface area contributed by atoms with E-state index in [1.807, 2.05) is 72.8 Å². The van der Waals surface area contributed by atoms with Crippen molar-refractivity contribution in [3.05, 3.63) is 102 Å². The van der Waals surface area contributed by atoms with Gasteiger partial charge in [-0.25, -0.2) is 0 Å². The maximum atomic E-state index is 13.8. The van der Waals surface area contributed by atoms with Gasteiger partial charge in [-0.05, 0) is 48.2 Å². The summed E-state index contributed by atoms with van der Waals surface area (Å²) in [5, 5.41) is 3.25. The molecule has 3 aromatic rings. The Balaban J connectivity index is 1.75. The zero-order valence-corrected chi connectivity index (χ0v) is 19.7. The summed E-state index contributed by atoms with van der Waals surface area (Å²) in [6.45, 7) is 0.314. The van der Waals surface area contributed by atoms with E-state index in [-0.39, 0.29) is 17.9 Å². The van der Waals surface area contributed by atoms with Gasteiger partial charge >= 0.3 is 0 Å². The molecular weight excluding hydrogens is 424 g/mol. The first-order chi connectivity index (χ1) is 16.7. The van der Waals surface area contributed by atoms with Crippen molar-refractivity contribution in [3.63, 3.8) is 0 Å². The van der Waals surface area contributed by atoms with Crippen molar-refractivity contribution in [2.75, 3.05) is 7.11 Å². The van der Waals surface area contributed by atoms with Crippen LogP contribution < -0.4 is 10.1 Å². The average molecular weight is 457 g/mol. The van der Waals surface area contributed by atoms with Gasteiger partial charge in [-0.2, -0.15) is 0 Å². The molecule has 1 N–H and O–H groups in total. The molecule has 0 spiro atoms. The highest BCUT2D eigenvalue weighted by atomic mass is 16.5. The minimum absolute atomic E-state index is 0.139. The molecule has 1 fully saturated rings. The second-order valence-electron chi connectivity index (χ2n) is 8.81. The van der Waals surface area contributed by atoms with E-state index in [4.69, 9.17) is 4.74 Å². The summed E-state index contributed by atoms with van der Waals surface area (Å²) in [5.41, 5.74) is 2.25. The lowest BCUT2D eigenvalue weighted by Gasteiger charge is -2.33. The molecule has 0 bridgehead atoms. The van der Waals surface area contributed by atoms with Crippen LogP contribution in [0.2, 0.25) is 0 Å². The fourth-order valence-corrected chi connectivity index (χ4v) is 4.62. The quantitative estimate of drug-likeness (QED) is 0.485. The van der Waals surface area contributed by atoms with Crippen LogP contribution in [0.1, 0.15) is 59.6 Å². The number of methoxy groups -OCH3 is 1. The Morgan fingerprint density at radius 3 is 2.26 bits per heavy atom. The molecule has 1 saturated carbocycles. The standard InChI is InChI=1S/C29H32N2O3/c1-34-26-19-11-16-24(20-26)27(28(32)30-25-17-9-4-10-18-25)31(21-22-12-5-2-6-13-22)29(33)23-14-7-3-8-15-23/h2-3,5-8,11-16,19-20,25,27H,4,9-10,17-18,21H2,1H3,(H,30,32). The Morgan fingerprint density at radius 2 is 1.59 bits per heavy atom. The predicted molar refractivity (Wildman–Crippen MR) is 134 cm³/mol. The molecule has 0 saturated heterocycles. The molecule has 5 nitrogen and oxygen atoms in total. The third kappa shape index (κ3) is 5.84. The van der Waals surface area contributed by atoms with Crippen molar-refractivity contribution >= 4 is 11.8 Å². The molecule has 4 rings (SSSR count). The van der Waals surface area contributed by atoms with E-state index in [0.29, 0.717) is 17.9 Å². The van der Waals surface area contributed by atoms with Crippen molar-refractivity contribution in [3.8, 4) is 5.75 Å². The second-order valence-corrected chi connectivity index (χ2v) is 8.81. The molecule has 1 aliphatic carbocycles. The lowest BCUT2D eigenvalue weighted by molar-refractivity contribution is -0.127. The van der Waals surface area contributed by atoms with Crippen LogP contribution in [-0.4, -0.2) is 29.9 Å². The topological polar surface area (TPSA) is 58.6 Å². The number of nitrogens with zero attached hydrogens (tertiary/aromatic N) is 1. The maximum Gasteiger partial charge on any atom is 0.255 e. The monoisotopic (exact) mass is 456 g/mol. The molecule has 0 heterocycles. The zero-order valence-electron chi connectivity index (χ0n) is 19.7. The van der Waals surface area contributed by atoms with Crippen molar-refractivity contribution in [1.82, 2.24) is 10.2 Å². The Morgan fingerprint density at radius 1 is 0.912 bits per heavy atom. The fraction of sp³-hybridized carbons (Fsp3) is 0.310. The van der Waals surface area contributed by atoms with Crippen molar-refractivity contribution in [2.45, 2.75) is 50.7 Å². The minimum atomic E-state index is -0.787. The van der Waals surface area contributed by atoms with Crippen LogP contribution >= 0.6 is 0 Å². The molecule has 34 heavy (non-hydrogen) atoms. The number of amides is 2. The highest BCUT2D eigenvalue weighted by molar-refractivity contribution is 5.98. The number of hydrogen-bond acceptors (Lipinski definition) is 3. The SMILES string of the molecule is COc1cccc(C(C(=O)NC2CCCCC2)N(Cc2ccccc2)C(=O)c2ccccc2)c1. The number of carbonyl (C=O) groups is 2. The van der Waals surface area contributed by atoms with E-state index in [9.17, 15) is 9.59 Å². The first-order valence-electron chi connectivity index (χ1n) is 12.0. The van der Waals surface area contributed by atoms with Gasteiger partial charge in [0.15, 0.2) is 0 Å². The van der Waals surface area contributed by atoms with Gasteiger partial charge in [-0.1, -0.05) is 79.9 Å². The Kier molecular flexibility index (Phi) is 7.97. The van der Waals surface area contributed by atoms with Gasteiger partial charge in [0.05, 0.1) is 7.11 Å². The highest BCUT2D eigenvalue weighted by Gasteiger charge is 2.33. The molecule has 1 atom stereocenters. The number of carbonyl (C=O) groups excluding carboxylic acids is 2. The molecule has 0 aromatic heterocycles. The third-order valence-corrected chi connectivity index (χ3v) is 6.40. The summed E-state index contributed by atoms with van der Waals surface area (Å²) in [4.78, 5) is 29.3. The Labute approximate surface area is 201 Å². The third-order valence-electron chi connectivity index (χ3n) is 6.40. The molecule has 1 unspecified atom stereocenters. The number of benzene rings is 3. The number of hydrogen-bond donors (Lipinski definition) is 1. The number of nitrogens with one attached hydrogen (secondary N) is 1. The van der Waals surface area contributed by atoms with Crippen molar-refractivity contribution in [1.29, 1.82) is 0 Å².